The molecule has 1 aromatic carbocycles. The van der Waals surface area contributed by atoms with Gasteiger partial charge < -0.3 is 15.5 Å². The number of carbonyl (C=O) groups is 2. The zero-order valence-electron chi connectivity index (χ0n) is 16.6. The molecule has 6 heteroatoms. The summed E-state index contributed by atoms with van der Waals surface area (Å²) in [6.07, 6.45) is 2.73. The van der Waals surface area contributed by atoms with Gasteiger partial charge in [-0.05, 0) is 48.8 Å². The minimum atomic E-state index is -0.00984. The second-order valence-corrected chi connectivity index (χ2v) is 8.62. The highest BCUT2D eigenvalue weighted by Crippen LogP contribution is 2.24. The number of hydrogen-bond donors (Lipinski definition) is 2. The van der Waals surface area contributed by atoms with Crippen molar-refractivity contribution in [2.45, 2.75) is 39.2 Å². The molecule has 1 fully saturated rings. The molecular weight excluding hydrogens is 370 g/mol. The van der Waals surface area contributed by atoms with E-state index < -0.39 is 0 Å². The first kappa shape index (κ1) is 20.4. The molecular formula is C22H29N3O2S. The highest BCUT2D eigenvalue weighted by molar-refractivity contribution is 7.12. The molecule has 150 valence electrons. The van der Waals surface area contributed by atoms with Crippen molar-refractivity contribution in [1.82, 2.24) is 10.6 Å². The first-order chi connectivity index (χ1) is 13.5. The predicted molar refractivity (Wildman–Crippen MR) is 115 cm³/mol. The fourth-order valence-corrected chi connectivity index (χ4v) is 4.07. The second kappa shape index (κ2) is 9.73. The Balaban J connectivity index is 1.57. The third kappa shape index (κ3) is 5.35. The SMILES string of the molecule is CC(C)CCNC(=O)c1ccccc1N1CCC(NC(=O)c2cccs2)CC1. The molecule has 0 spiro atoms. The van der Waals surface area contributed by atoms with E-state index in [1.165, 1.54) is 11.3 Å². The molecule has 1 aromatic heterocycles. The number of benzene rings is 1. The molecule has 1 aliphatic rings. The van der Waals surface area contributed by atoms with Crippen LogP contribution in [0.1, 0.15) is 53.1 Å². The minimum absolute atomic E-state index is 0.00984. The molecule has 0 atom stereocenters. The van der Waals surface area contributed by atoms with Crippen molar-refractivity contribution in [3.63, 3.8) is 0 Å². The Hall–Kier alpha value is -2.34. The molecule has 0 unspecified atom stereocenters. The number of hydrogen-bond acceptors (Lipinski definition) is 4. The standard InChI is InChI=1S/C22H29N3O2S/c1-16(2)9-12-23-21(26)18-6-3-4-7-19(18)25-13-10-17(11-14-25)24-22(27)20-8-5-15-28-20/h3-8,15-17H,9-14H2,1-2H3,(H,23,26)(H,24,27). The van der Waals surface area contributed by atoms with Crippen molar-refractivity contribution in [3.05, 3.63) is 52.2 Å². The van der Waals surface area contributed by atoms with Gasteiger partial charge in [0.2, 0.25) is 0 Å². The van der Waals surface area contributed by atoms with Crippen molar-refractivity contribution >= 4 is 28.8 Å². The number of anilines is 1. The number of carbonyl (C=O) groups excluding carboxylic acids is 2. The van der Waals surface area contributed by atoms with Gasteiger partial charge in [0.05, 0.1) is 10.4 Å². The zero-order chi connectivity index (χ0) is 19.9. The fraction of sp³-hybridized carbons (Fsp3) is 0.455. The van der Waals surface area contributed by atoms with E-state index >= 15 is 0 Å². The van der Waals surface area contributed by atoms with Crippen LogP contribution < -0.4 is 15.5 Å². The summed E-state index contributed by atoms with van der Waals surface area (Å²) in [7, 11) is 0. The molecule has 0 aliphatic carbocycles. The fourth-order valence-electron chi connectivity index (χ4n) is 3.44. The van der Waals surface area contributed by atoms with Crippen LogP contribution in [0.2, 0.25) is 0 Å². The molecule has 1 aliphatic heterocycles. The lowest BCUT2D eigenvalue weighted by atomic mass is 10.0. The third-order valence-corrected chi connectivity index (χ3v) is 5.94. The first-order valence-electron chi connectivity index (χ1n) is 10.0. The van der Waals surface area contributed by atoms with Crippen molar-refractivity contribution < 1.29 is 9.59 Å². The Bertz CT molecular complexity index is 781. The zero-order valence-corrected chi connectivity index (χ0v) is 17.4. The van der Waals surface area contributed by atoms with Crippen LogP contribution in [0.5, 0.6) is 0 Å². The third-order valence-electron chi connectivity index (χ3n) is 5.07. The molecule has 0 radical (unpaired) electrons. The number of piperidine rings is 1. The quantitative estimate of drug-likeness (QED) is 0.742. The number of thiophene rings is 1. The largest absolute Gasteiger partial charge is 0.371 e. The van der Waals surface area contributed by atoms with E-state index in [1.807, 2.05) is 41.8 Å². The molecule has 0 saturated carbocycles. The van der Waals surface area contributed by atoms with Gasteiger partial charge in [0.1, 0.15) is 0 Å². The summed E-state index contributed by atoms with van der Waals surface area (Å²) >= 11 is 1.46. The molecule has 2 aromatic rings. The topological polar surface area (TPSA) is 61.4 Å². The van der Waals surface area contributed by atoms with E-state index in [-0.39, 0.29) is 17.9 Å². The molecule has 28 heavy (non-hydrogen) atoms. The number of nitrogens with one attached hydrogen (secondary N) is 2. The summed E-state index contributed by atoms with van der Waals surface area (Å²) < 4.78 is 0. The summed E-state index contributed by atoms with van der Waals surface area (Å²) in [5.41, 5.74) is 1.71. The average Bonchev–Trinajstić information content (AvgIpc) is 3.23. The number of rotatable bonds is 7. The molecule has 5 nitrogen and oxygen atoms in total. The molecule has 2 amide bonds. The lowest BCUT2D eigenvalue weighted by Gasteiger charge is -2.34. The average molecular weight is 400 g/mol. The maximum Gasteiger partial charge on any atom is 0.261 e. The second-order valence-electron chi connectivity index (χ2n) is 7.67. The molecule has 1 saturated heterocycles. The Morgan fingerprint density at radius 2 is 1.86 bits per heavy atom. The van der Waals surface area contributed by atoms with Crippen LogP contribution in [-0.2, 0) is 0 Å². The van der Waals surface area contributed by atoms with Gasteiger partial charge in [0, 0.05) is 31.4 Å². The first-order valence-corrected chi connectivity index (χ1v) is 10.9. The van der Waals surface area contributed by atoms with Gasteiger partial charge in [0.15, 0.2) is 0 Å². The van der Waals surface area contributed by atoms with Crippen molar-refractivity contribution in [2.75, 3.05) is 24.5 Å². The Labute approximate surface area is 171 Å². The summed E-state index contributed by atoms with van der Waals surface area (Å²) in [6.45, 7) is 6.65. The van der Waals surface area contributed by atoms with Gasteiger partial charge in [-0.15, -0.1) is 11.3 Å². The Kier molecular flexibility index (Phi) is 7.09. The van der Waals surface area contributed by atoms with Gasteiger partial charge in [-0.25, -0.2) is 0 Å². The summed E-state index contributed by atoms with van der Waals surface area (Å²) in [6, 6.07) is 11.7. The van der Waals surface area contributed by atoms with Crippen LogP contribution in [0.3, 0.4) is 0 Å². The van der Waals surface area contributed by atoms with Crippen LogP contribution in [0.25, 0.3) is 0 Å². The lowest BCUT2D eigenvalue weighted by molar-refractivity contribution is 0.0933. The van der Waals surface area contributed by atoms with E-state index in [2.05, 4.69) is 29.4 Å². The van der Waals surface area contributed by atoms with E-state index in [9.17, 15) is 9.59 Å². The highest BCUT2D eigenvalue weighted by Gasteiger charge is 2.24. The van der Waals surface area contributed by atoms with E-state index in [0.29, 0.717) is 12.5 Å². The van der Waals surface area contributed by atoms with Crippen LogP contribution in [0.4, 0.5) is 5.69 Å². The van der Waals surface area contributed by atoms with Gasteiger partial charge in [-0.2, -0.15) is 0 Å². The van der Waals surface area contributed by atoms with E-state index in [1.54, 1.807) is 0 Å². The monoisotopic (exact) mass is 399 g/mol. The summed E-state index contributed by atoms with van der Waals surface area (Å²) in [4.78, 5) is 27.9. The van der Waals surface area contributed by atoms with Crippen LogP contribution in [-0.4, -0.2) is 37.5 Å². The molecule has 2 heterocycles. The van der Waals surface area contributed by atoms with Gasteiger partial charge in [-0.1, -0.05) is 32.0 Å². The number of para-hydroxylation sites is 1. The maximum absolute atomic E-state index is 12.6. The van der Waals surface area contributed by atoms with Crippen molar-refractivity contribution in [2.24, 2.45) is 5.92 Å². The van der Waals surface area contributed by atoms with E-state index in [0.717, 1.165) is 48.5 Å². The van der Waals surface area contributed by atoms with Crippen LogP contribution >= 0.6 is 11.3 Å². The van der Waals surface area contributed by atoms with E-state index in [4.69, 9.17) is 0 Å². The lowest BCUT2D eigenvalue weighted by Crippen LogP contribution is -2.45. The number of amides is 2. The molecule has 3 rings (SSSR count). The normalized spacial score (nSPS) is 14.9. The summed E-state index contributed by atoms with van der Waals surface area (Å²) in [5.74, 6) is 0.571. The predicted octanol–water partition coefficient (Wildman–Crippen LogP) is 3.92. The Morgan fingerprint density at radius 1 is 1.11 bits per heavy atom. The molecule has 2 N–H and O–H groups in total. The van der Waals surface area contributed by atoms with Crippen LogP contribution in [0.15, 0.2) is 41.8 Å². The van der Waals surface area contributed by atoms with Gasteiger partial charge >= 0.3 is 0 Å². The smallest absolute Gasteiger partial charge is 0.261 e. The molecule has 0 bridgehead atoms. The van der Waals surface area contributed by atoms with Crippen molar-refractivity contribution in [3.8, 4) is 0 Å². The van der Waals surface area contributed by atoms with Gasteiger partial charge in [0.25, 0.3) is 11.8 Å². The minimum Gasteiger partial charge on any atom is -0.371 e. The van der Waals surface area contributed by atoms with Crippen LogP contribution in [0, 0.1) is 5.92 Å². The van der Waals surface area contributed by atoms with Gasteiger partial charge in [-0.3, -0.25) is 9.59 Å². The number of nitrogens with zero attached hydrogens (tertiary/aromatic N) is 1. The van der Waals surface area contributed by atoms with Crippen molar-refractivity contribution in [1.29, 1.82) is 0 Å². The Morgan fingerprint density at radius 3 is 2.54 bits per heavy atom. The highest BCUT2D eigenvalue weighted by atomic mass is 32.1. The summed E-state index contributed by atoms with van der Waals surface area (Å²) in [5, 5.41) is 8.09. The maximum atomic E-state index is 12.6.